The van der Waals surface area contributed by atoms with Gasteiger partial charge in [-0.25, -0.2) is 0 Å². The molecule has 1 heterocycles. The van der Waals surface area contributed by atoms with Crippen molar-refractivity contribution in [2.24, 2.45) is 5.92 Å². The number of rotatable bonds is 5. The van der Waals surface area contributed by atoms with Crippen molar-refractivity contribution in [3.63, 3.8) is 0 Å². The lowest BCUT2D eigenvalue weighted by Crippen LogP contribution is -2.49. The van der Waals surface area contributed by atoms with E-state index in [0.29, 0.717) is 6.54 Å². The van der Waals surface area contributed by atoms with Crippen molar-refractivity contribution in [1.82, 2.24) is 15.5 Å². The van der Waals surface area contributed by atoms with E-state index in [0.717, 1.165) is 38.4 Å². The van der Waals surface area contributed by atoms with Gasteiger partial charge in [0, 0.05) is 0 Å². The highest BCUT2D eigenvalue weighted by Crippen LogP contribution is 2.18. The lowest BCUT2D eigenvalue weighted by Gasteiger charge is -2.35. The Hall–Kier alpha value is -1.05. The maximum Gasteiger partial charge on any atom is 0.237 e. The predicted molar refractivity (Wildman–Crippen MR) is 69.5 cm³/mol. The van der Waals surface area contributed by atoms with E-state index in [1.807, 2.05) is 14.0 Å². The van der Waals surface area contributed by atoms with Gasteiger partial charge in [0.05, 0.1) is 12.6 Å². The quantitative estimate of drug-likeness (QED) is 0.664. The van der Waals surface area contributed by atoms with Crippen LogP contribution in [0.15, 0.2) is 0 Å². The first-order chi connectivity index (χ1) is 8.19. The van der Waals surface area contributed by atoms with Crippen LogP contribution in [-0.4, -0.2) is 50.1 Å². The summed E-state index contributed by atoms with van der Waals surface area (Å²) in [4.78, 5) is 14.0. The zero-order valence-electron chi connectivity index (χ0n) is 10.8. The van der Waals surface area contributed by atoms with Gasteiger partial charge in [0.1, 0.15) is 0 Å². The molecule has 0 bridgehead atoms. The molecule has 96 valence electrons. The summed E-state index contributed by atoms with van der Waals surface area (Å²) < 4.78 is 0. The Morgan fingerprint density at radius 3 is 2.71 bits per heavy atom. The Balaban J connectivity index is 2.32. The number of amides is 1. The number of nitrogens with one attached hydrogen (secondary N) is 2. The average Bonchev–Trinajstić information content (AvgIpc) is 2.36. The number of carbonyl (C=O) groups excluding carboxylic acids is 1. The van der Waals surface area contributed by atoms with Crippen LogP contribution in [0.3, 0.4) is 0 Å². The monoisotopic (exact) mass is 237 g/mol. The third-order valence-corrected chi connectivity index (χ3v) is 3.43. The molecule has 1 unspecified atom stereocenters. The number of nitrogens with zero attached hydrogens (tertiary/aromatic N) is 1. The molecule has 2 N–H and O–H groups in total. The minimum atomic E-state index is -0.0705. The number of carbonyl (C=O) groups is 1. The normalized spacial score (nSPS) is 19.6. The fourth-order valence-corrected chi connectivity index (χ4v) is 2.28. The van der Waals surface area contributed by atoms with Crippen LogP contribution in [0.1, 0.15) is 19.8 Å². The predicted octanol–water partition coefficient (Wildman–Crippen LogP) is 0.0557. The molecule has 0 radical (unpaired) electrons. The van der Waals surface area contributed by atoms with Crippen molar-refractivity contribution in [2.75, 3.05) is 33.2 Å². The van der Waals surface area contributed by atoms with Crippen LogP contribution in [-0.2, 0) is 4.79 Å². The molecule has 17 heavy (non-hydrogen) atoms. The standard InChI is InChI=1S/C13H23N3O/c1-4-7-15-13(17)11(2)16-8-5-12(6-9-16)10-14-3/h1,11-12,14H,5-10H2,2-3H3,(H,15,17). The lowest BCUT2D eigenvalue weighted by molar-refractivity contribution is -0.126. The van der Waals surface area contributed by atoms with Crippen LogP contribution < -0.4 is 10.6 Å². The number of hydrogen-bond acceptors (Lipinski definition) is 3. The van der Waals surface area contributed by atoms with E-state index in [-0.39, 0.29) is 11.9 Å². The Bertz CT molecular complexity index is 277. The summed E-state index contributed by atoms with van der Waals surface area (Å²) in [6.45, 7) is 5.34. The van der Waals surface area contributed by atoms with E-state index >= 15 is 0 Å². The van der Waals surface area contributed by atoms with E-state index < -0.39 is 0 Å². The van der Waals surface area contributed by atoms with E-state index in [4.69, 9.17) is 6.42 Å². The Morgan fingerprint density at radius 2 is 2.18 bits per heavy atom. The molecule has 4 heteroatoms. The first-order valence-electron chi connectivity index (χ1n) is 6.28. The van der Waals surface area contributed by atoms with Gasteiger partial charge < -0.3 is 10.6 Å². The Labute approximate surface area is 104 Å². The van der Waals surface area contributed by atoms with Crippen LogP contribution in [0, 0.1) is 18.3 Å². The summed E-state index contributed by atoms with van der Waals surface area (Å²) >= 11 is 0. The van der Waals surface area contributed by atoms with Gasteiger partial charge in [0.25, 0.3) is 0 Å². The molecule has 0 aromatic heterocycles. The first-order valence-corrected chi connectivity index (χ1v) is 6.28. The molecular formula is C13H23N3O. The molecule has 0 saturated carbocycles. The third kappa shape index (κ3) is 4.37. The van der Waals surface area contributed by atoms with Gasteiger partial charge in [-0.15, -0.1) is 6.42 Å². The largest absolute Gasteiger partial charge is 0.344 e. The molecule has 1 fully saturated rings. The van der Waals surface area contributed by atoms with Gasteiger partial charge in [0.15, 0.2) is 0 Å². The Kier molecular flexibility index (Phi) is 6.03. The second-order valence-electron chi connectivity index (χ2n) is 4.63. The topological polar surface area (TPSA) is 44.4 Å². The average molecular weight is 237 g/mol. The molecule has 1 atom stereocenters. The van der Waals surface area contributed by atoms with Gasteiger partial charge in [-0.05, 0) is 52.4 Å². The maximum absolute atomic E-state index is 11.7. The number of terminal acetylenes is 1. The zero-order chi connectivity index (χ0) is 12.7. The van der Waals surface area contributed by atoms with Crippen molar-refractivity contribution in [2.45, 2.75) is 25.8 Å². The summed E-state index contributed by atoms with van der Waals surface area (Å²) in [6, 6.07) is -0.0705. The molecule has 0 aromatic rings. The van der Waals surface area contributed by atoms with Crippen molar-refractivity contribution >= 4 is 5.91 Å². The number of hydrogen-bond donors (Lipinski definition) is 2. The highest BCUT2D eigenvalue weighted by molar-refractivity contribution is 5.81. The summed E-state index contributed by atoms with van der Waals surface area (Å²) in [5.74, 6) is 3.21. The van der Waals surface area contributed by atoms with Crippen LogP contribution in [0.2, 0.25) is 0 Å². The minimum absolute atomic E-state index is 0.0371. The first kappa shape index (κ1) is 14.0. The summed E-state index contributed by atoms with van der Waals surface area (Å²) in [5, 5.41) is 5.95. The number of piperidine rings is 1. The molecule has 0 aromatic carbocycles. The molecule has 0 aliphatic carbocycles. The maximum atomic E-state index is 11.7. The molecule has 1 aliphatic heterocycles. The second-order valence-corrected chi connectivity index (χ2v) is 4.63. The van der Waals surface area contributed by atoms with Crippen LogP contribution in [0.25, 0.3) is 0 Å². The van der Waals surface area contributed by atoms with Crippen LogP contribution >= 0.6 is 0 Å². The van der Waals surface area contributed by atoms with Gasteiger partial charge in [0.2, 0.25) is 5.91 Å². The van der Waals surface area contributed by atoms with Crippen LogP contribution in [0.4, 0.5) is 0 Å². The summed E-state index contributed by atoms with van der Waals surface area (Å²) in [7, 11) is 1.99. The number of likely N-dealkylation sites (tertiary alicyclic amines) is 1. The van der Waals surface area contributed by atoms with Gasteiger partial charge >= 0.3 is 0 Å². The second kappa shape index (κ2) is 7.31. The highest BCUT2D eigenvalue weighted by Gasteiger charge is 2.25. The zero-order valence-corrected chi connectivity index (χ0v) is 10.8. The van der Waals surface area contributed by atoms with E-state index in [9.17, 15) is 4.79 Å². The smallest absolute Gasteiger partial charge is 0.237 e. The van der Waals surface area contributed by atoms with Crippen molar-refractivity contribution in [3.8, 4) is 12.3 Å². The third-order valence-electron chi connectivity index (χ3n) is 3.43. The van der Waals surface area contributed by atoms with Gasteiger partial charge in [-0.1, -0.05) is 5.92 Å². The van der Waals surface area contributed by atoms with E-state index in [2.05, 4.69) is 21.5 Å². The molecule has 1 amide bonds. The fourth-order valence-electron chi connectivity index (χ4n) is 2.28. The van der Waals surface area contributed by atoms with Crippen molar-refractivity contribution in [1.29, 1.82) is 0 Å². The van der Waals surface area contributed by atoms with E-state index in [1.54, 1.807) is 0 Å². The van der Waals surface area contributed by atoms with Crippen molar-refractivity contribution < 1.29 is 4.79 Å². The van der Waals surface area contributed by atoms with Crippen LogP contribution in [0.5, 0.6) is 0 Å². The molecule has 1 saturated heterocycles. The fraction of sp³-hybridized carbons (Fsp3) is 0.769. The molecule has 0 spiro atoms. The summed E-state index contributed by atoms with van der Waals surface area (Å²) in [6.07, 6.45) is 7.44. The minimum Gasteiger partial charge on any atom is -0.344 e. The molecule has 1 aliphatic rings. The molecular weight excluding hydrogens is 214 g/mol. The molecule has 1 rings (SSSR count). The lowest BCUT2D eigenvalue weighted by atomic mass is 9.96. The highest BCUT2D eigenvalue weighted by atomic mass is 16.2. The van der Waals surface area contributed by atoms with Crippen molar-refractivity contribution in [3.05, 3.63) is 0 Å². The van der Waals surface area contributed by atoms with Gasteiger partial charge in [-0.3, -0.25) is 9.69 Å². The van der Waals surface area contributed by atoms with Gasteiger partial charge in [-0.2, -0.15) is 0 Å². The SMILES string of the molecule is C#CCNC(=O)C(C)N1CCC(CNC)CC1. The Morgan fingerprint density at radius 1 is 1.53 bits per heavy atom. The van der Waals surface area contributed by atoms with E-state index in [1.165, 1.54) is 0 Å². The summed E-state index contributed by atoms with van der Waals surface area (Å²) in [5.41, 5.74) is 0. The molecule has 4 nitrogen and oxygen atoms in total.